The Morgan fingerprint density at radius 3 is 2.07 bits per heavy atom. The van der Waals surface area contributed by atoms with E-state index in [1.54, 1.807) is 0 Å². The third kappa shape index (κ3) is 6.34. The summed E-state index contributed by atoms with van der Waals surface area (Å²) in [6, 6.07) is 15.9. The minimum absolute atomic E-state index is 0.324. The van der Waals surface area contributed by atoms with Crippen molar-refractivity contribution in [1.82, 2.24) is 0 Å². The first kappa shape index (κ1) is 24.3. The molecule has 3 heteroatoms. The minimum atomic E-state index is -2.44. The van der Waals surface area contributed by atoms with Gasteiger partial charge in [0.15, 0.2) is 0 Å². The first-order valence-corrected chi connectivity index (χ1v) is 19.5. The fourth-order valence-electron chi connectivity index (χ4n) is 4.55. The van der Waals surface area contributed by atoms with Crippen molar-refractivity contribution in [3.63, 3.8) is 0 Å². The molecular weight excluding hydrogens is 486 g/mol. The molecule has 0 N–H and O–H groups in total. The van der Waals surface area contributed by atoms with E-state index in [1.807, 2.05) is 0 Å². The van der Waals surface area contributed by atoms with Gasteiger partial charge in [-0.1, -0.05) is 13.3 Å². The van der Waals surface area contributed by atoms with Crippen LogP contribution in [0.2, 0.25) is 0 Å². The molecule has 0 spiro atoms. The number of fused-ring (bicyclic) bond motifs is 1. The van der Waals surface area contributed by atoms with Crippen LogP contribution in [0.4, 0.5) is 0 Å². The van der Waals surface area contributed by atoms with E-state index in [0.717, 1.165) is 6.42 Å². The van der Waals surface area contributed by atoms with Crippen LogP contribution < -0.4 is 0 Å². The summed E-state index contributed by atoms with van der Waals surface area (Å²) in [4.78, 5) is 0. The van der Waals surface area contributed by atoms with Crippen LogP contribution >= 0.6 is 17.0 Å². The van der Waals surface area contributed by atoms with Crippen LogP contribution in [-0.4, -0.2) is 0 Å². The quantitative estimate of drug-likeness (QED) is 0.244. The molecule has 161 valence electrons. The molecule has 2 aromatic carbocycles. The summed E-state index contributed by atoms with van der Waals surface area (Å²) in [6.07, 6.45) is 15.1. The summed E-state index contributed by atoms with van der Waals surface area (Å²) < 4.78 is 0.324. The van der Waals surface area contributed by atoms with Crippen LogP contribution in [0.1, 0.15) is 92.0 Å². The monoisotopic (exact) mass is 519 g/mol. The maximum absolute atomic E-state index is 6.66. The van der Waals surface area contributed by atoms with Crippen molar-refractivity contribution in [2.45, 2.75) is 81.7 Å². The number of hydrogen-bond donors (Lipinski definition) is 0. The van der Waals surface area contributed by atoms with Crippen LogP contribution in [0.25, 0.3) is 17.2 Å². The summed E-state index contributed by atoms with van der Waals surface area (Å²) >= 11 is -2.44. The number of benzene rings is 2. The molecule has 0 amide bonds. The zero-order chi connectivity index (χ0) is 21.3. The summed E-state index contributed by atoms with van der Waals surface area (Å²) in [5.74, 6) is 0. The molecule has 0 heterocycles. The third-order valence-electron chi connectivity index (χ3n) is 6.27. The van der Waals surface area contributed by atoms with Crippen LogP contribution in [0.3, 0.4) is 0 Å². The van der Waals surface area contributed by atoms with Crippen molar-refractivity contribution in [2.75, 3.05) is 0 Å². The number of unbranched alkanes of at least 4 members (excludes halogenated alkanes) is 6. The van der Waals surface area contributed by atoms with Gasteiger partial charge in [-0.15, -0.1) is 0 Å². The van der Waals surface area contributed by atoms with Crippen molar-refractivity contribution in [3.05, 3.63) is 64.7 Å². The molecular formula is C27H35Cl2Zr. The van der Waals surface area contributed by atoms with Crippen molar-refractivity contribution in [3.8, 4) is 11.1 Å². The Bertz CT molecular complexity index is 823. The van der Waals surface area contributed by atoms with E-state index in [1.165, 1.54) is 91.2 Å². The van der Waals surface area contributed by atoms with E-state index in [0.29, 0.717) is 3.63 Å². The SMILES string of the molecule is CCCCCCC1=Cc2c(-c3ccc(CCCCCC)cc3)cccc2[CH]1[Zr]([Cl])[Cl]. The molecule has 0 aliphatic heterocycles. The van der Waals surface area contributed by atoms with Crippen molar-refractivity contribution < 1.29 is 19.4 Å². The number of allylic oxidation sites excluding steroid dienone is 1. The van der Waals surface area contributed by atoms with Gasteiger partial charge in [0.2, 0.25) is 0 Å². The molecule has 0 aromatic heterocycles. The summed E-state index contributed by atoms with van der Waals surface area (Å²) in [7, 11) is 13.3. The molecule has 1 aliphatic rings. The molecule has 0 radical (unpaired) electrons. The van der Waals surface area contributed by atoms with Gasteiger partial charge in [-0.05, 0) is 0 Å². The Morgan fingerprint density at radius 2 is 1.43 bits per heavy atom. The average Bonchev–Trinajstić information content (AvgIpc) is 3.13. The van der Waals surface area contributed by atoms with Gasteiger partial charge < -0.3 is 0 Å². The average molecular weight is 522 g/mol. The molecule has 30 heavy (non-hydrogen) atoms. The molecule has 0 fully saturated rings. The molecule has 0 saturated heterocycles. The molecule has 1 atom stereocenters. The van der Waals surface area contributed by atoms with E-state index in [4.69, 9.17) is 17.0 Å². The van der Waals surface area contributed by atoms with Crippen molar-refractivity contribution in [1.29, 1.82) is 0 Å². The molecule has 0 saturated carbocycles. The topological polar surface area (TPSA) is 0 Å². The number of rotatable bonds is 12. The zero-order valence-corrected chi connectivity index (χ0v) is 22.5. The van der Waals surface area contributed by atoms with E-state index in [2.05, 4.69) is 62.4 Å². The molecule has 1 unspecified atom stereocenters. The number of hydrogen-bond acceptors (Lipinski definition) is 0. The number of halogens is 2. The molecule has 2 aromatic rings. The van der Waals surface area contributed by atoms with Crippen molar-refractivity contribution in [2.24, 2.45) is 0 Å². The van der Waals surface area contributed by atoms with Crippen LogP contribution in [0.5, 0.6) is 0 Å². The fourth-order valence-corrected chi connectivity index (χ4v) is 10.0. The molecule has 0 bridgehead atoms. The van der Waals surface area contributed by atoms with Gasteiger partial charge in [-0.25, -0.2) is 0 Å². The second-order valence-corrected chi connectivity index (χ2v) is 17.4. The van der Waals surface area contributed by atoms with Gasteiger partial charge in [0, 0.05) is 0 Å². The standard InChI is InChI=1S/C27H35.2ClH.Zr/c1-3-5-7-9-12-22-16-18-24(19-17-22)26-15-11-14-25-20-23(21-27(25)26)13-10-8-6-4-2;;;/h11,14-21H,3-10,12-13H2,1-2H3;2*1H;/q;;;+2/p-2. The Labute approximate surface area is 198 Å². The van der Waals surface area contributed by atoms with E-state index < -0.39 is 19.4 Å². The van der Waals surface area contributed by atoms with Crippen molar-refractivity contribution >= 4 is 23.1 Å². The molecule has 0 nitrogen and oxygen atoms in total. The van der Waals surface area contributed by atoms with Crippen LogP contribution in [-0.2, 0) is 25.8 Å². The first-order valence-electron chi connectivity index (χ1n) is 11.8. The maximum atomic E-state index is 6.66. The van der Waals surface area contributed by atoms with E-state index >= 15 is 0 Å². The predicted octanol–water partition coefficient (Wildman–Crippen LogP) is 9.81. The summed E-state index contributed by atoms with van der Waals surface area (Å²) in [5.41, 5.74) is 8.31. The zero-order valence-electron chi connectivity index (χ0n) is 18.5. The third-order valence-corrected chi connectivity index (χ3v) is 11.6. The van der Waals surface area contributed by atoms with E-state index in [-0.39, 0.29) is 0 Å². The van der Waals surface area contributed by atoms with Gasteiger partial charge >= 0.3 is 187 Å². The normalized spacial score (nSPS) is 15.2. The Balaban J connectivity index is 1.79. The van der Waals surface area contributed by atoms with Gasteiger partial charge in [-0.3, -0.25) is 0 Å². The molecule has 1 aliphatic carbocycles. The Kier molecular flexibility index (Phi) is 10.2. The van der Waals surface area contributed by atoms with Crippen LogP contribution in [0, 0.1) is 0 Å². The summed E-state index contributed by atoms with van der Waals surface area (Å²) in [6.45, 7) is 4.53. The van der Waals surface area contributed by atoms with Gasteiger partial charge in [0.25, 0.3) is 0 Å². The van der Waals surface area contributed by atoms with E-state index in [9.17, 15) is 0 Å². The van der Waals surface area contributed by atoms with Gasteiger partial charge in [0.05, 0.1) is 0 Å². The fraction of sp³-hybridized carbons (Fsp3) is 0.481. The second kappa shape index (κ2) is 12.6. The number of aryl methyl sites for hydroxylation is 1. The second-order valence-electron chi connectivity index (χ2n) is 8.57. The Morgan fingerprint density at radius 1 is 0.767 bits per heavy atom. The van der Waals surface area contributed by atoms with Gasteiger partial charge in [0.1, 0.15) is 0 Å². The van der Waals surface area contributed by atoms with Gasteiger partial charge in [-0.2, -0.15) is 0 Å². The Hall–Kier alpha value is -0.357. The summed E-state index contributed by atoms with van der Waals surface area (Å²) in [5, 5.41) is 0. The first-order chi connectivity index (χ1) is 14.7. The molecule has 3 rings (SSSR count). The van der Waals surface area contributed by atoms with Crippen LogP contribution in [0.15, 0.2) is 48.0 Å². The predicted molar refractivity (Wildman–Crippen MR) is 131 cm³/mol.